The van der Waals surface area contributed by atoms with Crippen LogP contribution in [0, 0.1) is 11.6 Å². The molecule has 0 amide bonds. The van der Waals surface area contributed by atoms with E-state index in [2.05, 4.69) is 5.32 Å². The third kappa shape index (κ3) is 4.71. The number of hydrogen-bond acceptors (Lipinski definition) is 6. The van der Waals surface area contributed by atoms with Crippen molar-refractivity contribution < 1.29 is 33.3 Å². The molecule has 0 saturated heterocycles. The molecule has 166 valence electrons. The Labute approximate surface area is 183 Å². The molecule has 0 spiro atoms. The lowest BCUT2D eigenvalue weighted by Gasteiger charge is -2.12. The van der Waals surface area contributed by atoms with Crippen molar-refractivity contribution in [3.63, 3.8) is 0 Å². The number of hydrogen-bond donors (Lipinski definition) is 3. The predicted octanol–water partition coefficient (Wildman–Crippen LogP) is 3.95. The number of ether oxygens (including phenoxy) is 2. The van der Waals surface area contributed by atoms with E-state index in [4.69, 9.17) is 14.6 Å². The Balaban J connectivity index is 1.52. The highest BCUT2D eigenvalue weighted by atomic mass is 19.1. The molecule has 1 heterocycles. The monoisotopic (exact) mass is 441 g/mol. The van der Waals surface area contributed by atoms with Gasteiger partial charge in [0.05, 0.1) is 30.6 Å². The first-order chi connectivity index (χ1) is 15.4. The maximum atomic E-state index is 13.9. The highest BCUT2D eigenvalue weighted by molar-refractivity contribution is 6.12. The van der Waals surface area contributed by atoms with Crippen molar-refractivity contribution in [3.8, 4) is 11.5 Å². The van der Waals surface area contributed by atoms with Gasteiger partial charge in [-0.05, 0) is 42.5 Å². The second-order valence-corrected chi connectivity index (χ2v) is 7.37. The van der Waals surface area contributed by atoms with Crippen LogP contribution in [-0.2, 0) is 6.61 Å². The van der Waals surface area contributed by atoms with Gasteiger partial charge in [0.2, 0.25) is 0 Å². The zero-order valence-electron chi connectivity index (χ0n) is 17.0. The van der Waals surface area contributed by atoms with Crippen molar-refractivity contribution in [2.24, 2.45) is 0 Å². The Kier molecular flexibility index (Phi) is 6.34. The number of halogens is 2. The molecule has 32 heavy (non-hydrogen) atoms. The molecule has 0 saturated carbocycles. The van der Waals surface area contributed by atoms with Gasteiger partial charge in [0.1, 0.15) is 29.7 Å². The Hall–Kier alpha value is -3.49. The zero-order valence-corrected chi connectivity index (χ0v) is 17.0. The summed E-state index contributed by atoms with van der Waals surface area (Å²) in [5.74, 6) is -0.759. The molecule has 3 aromatic rings. The number of anilines is 2. The lowest BCUT2D eigenvalue weighted by molar-refractivity contribution is 0.0754. The average Bonchev–Trinajstić information content (AvgIpc) is 2.92. The third-order valence-electron chi connectivity index (χ3n) is 5.07. The van der Waals surface area contributed by atoms with Crippen LogP contribution in [0.15, 0.2) is 54.6 Å². The number of ketones is 1. The minimum Gasteiger partial charge on any atom is -0.493 e. The van der Waals surface area contributed by atoms with E-state index >= 15 is 0 Å². The van der Waals surface area contributed by atoms with Gasteiger partial charge in [-0.25, -0.2) is 8.78 Å². The van der Waals surface area contributed by atoms with Crippen LogP contribution >= 0.6 is 0 Å². The Morgan fingerprint density at radius 1 is 1.06 bits per heavy atom. The summed E-state index contributed by atoms with van der Waals surface area (Å²) >= 11 is 0. The van der Waals surface area contributed by atoms with Gasteiger partial charge in [-0.1, -0.05) is 0 Å². The number of fused-ring (bicyclic) bond motifs is 2. The van der Waals surface area contributed by atoms with E-state index in [1.165, 1.54) is 6.07 Å². The molecule has 6 nitrogen and oxygen atoms in total. The number of aliphatic hydroxyl groups is 2. The van der Waals surface area contributed by atoms with Crippen LogP contribution < -0.4 is 14.8 Å². The fourth-order valence-electron chi connectivity index (χ4n) is 3.36. The number of aliphatic hydroxyl groups excluding tert-OH is 2. The molecular weight excluding hydrogens is 420 g/mol. The lowest BCUT2D eigenvalue weighted by atomic mass is 9.98. The van der Waals surface area contributed by atoms with E-state index in [0.717, 1.165) is 12.1 Å². The van der Waals surface area contributed by atoms with Crippen molar-refractivity contribution in [1.82, 2.24) is 0 Å². The first kappa shape index (κ1) is 21.7. The number of carbonyl (C=O) groups excluding carboxylic acids is 1. The van der Waals surface area contributed by atoms with E-state index in [1.54, 1.807) is 36.4 Å². The Morgan fingerprint density at radius 3 is 2.66 bits per heavy atom. The molecule has 4 rings (SSSR count). The molecule has 0 radical (unpaired) electrons. The standard InChI is InChI=1S/C24H21F2NO5/c25-15-1-6-22(21(26)10-15)27-16-2-4-20-23(11-16)32-13-14-9-18(3-5-19(14)24(20)30)31-8-7-17(29)12-28/h1-6,9-11,17,27-29H,7-8,12-13H2/t17-/m1/s1. The molecule has 8 heteroatoms. The molecule has 1 atom stereocenters. The summed E-state index contributed by atoms with van der Waals surface area (Å²) in [6.07, 6.45) is -0.569. The smallest absolute Gasteiger partial charge is 0.197 e. The molecule has 3 aromatic carbocycles. The summed E-state index contributed by atoms with van der Waals surface area (Å²) in [5.41, 5.74) is 2.08. The number of benzene rings is 3. The fourth-order valence-corrected chi connectivity index (χ4v) is 3.36. The Bertz CT molecular complexity index is 1150. The van der Waals surface area contributed by atoms with Gasteiger partial charge in [0, 0.05) is 35.4 Å². The number of carbonyl (C=O) groups is 1. The minimum atomic E-state index is -0.846. The number of nitrogens with one attached hydrogen (secondary N) is 1. The van der Waals surface area contributed by atoms with Gasteiger partial charge in [-0.2, -0.15) is 0 Å². The summed E-state index contributed by atoms with van der Waals surface area (Å²) in [7, 11) is 0. The lowest BCUT2D eigenvalue weighted by Crippen LogP contribution is -2.16. The first-order valence-corrected chi connectivity index (χ1v) is 10.0. The van der Waals surface area contributed by atoms with Gasteiger partial charge in [0.25, 0.3) is 0 Å². The molecule has 1 aliphatic heterocycles. The molecule has 0 bridgehead atoms. The molecular formula is C24H21F2NO5. The molecule has 0 aliphatic carbocycles. The number of rotatable bonds is 7. The van der Waals surface area contributed by atoms with Crippen molar-refractivity contribution in [1.29, 1.82) is 0 Å². The van der Waals surface area contributed by atoms with Crippen LogP contribution in [0.3, 0.4) is 0 Å². The first-order valence-electron chi connectivity index (χ1n) is 10.0. The quantitative estimate of drug-likeness (QED) is 0.515. The highest BCUT2D eigenvalue weighted by Crippen LogP contribution is 2.33. The average molecular weight is 441 g/mol. The van der Waals surface area contributed by atoms with E-state index in [1.807, 2.05) is 0 Å². The van der Waals surface area contributed by atoms with Crippen LogP contribution in [0.5, 0.6) is 11.5 Å². The zero-order chi connectivity index (χ0) is 22.7. The SMILES string of the molecule is O=C1c2ccc(OCC[C@@H](O)CO)cc2COc2cc(Nc3ccc(F)cc3F)ccc21. The van der Waals surface area contributed by atoms with E-state index in [0.29, 0.717) is 33.9 Å². The molecule has 0 aromatic heterocycles. The second kappa shape index (κ2) is 9.33. The van der Waals surface area contributed by atoms with Gasteiger partial charge >= 0.3 is 0 Å². The molecule has 3 N–H and O–H groups in total. The maximum absolute atomic E-state index is 13.9. The topological polar surface area (TPSA) is 88.0 Å². The summed E-state index contributed by atoms with van der Waals surface area (Å²) in [5, 5.41) is 21.1. The summed E-state index contributed by atoms with van der Waals surface area (Å²) in [6, 6.07) is 13.1. The van der Waals surface area contributed by atoms with Gasteiger partial charge in [-0.3, -0.25) is 4.79 Å². The van der Waals surface area contributed by atoms with Gasteiger partial charge in [0.15, 0.2) is 5.78 Å². The van der Waals surface area contributed by atoms with Crippen LogP contribution in [0.25, 0.3) is 0 Å². The van der Waals surface area contributed by atoms with Crippen molar-refractivity contribution in [3.05, 3.63) is 82.9 Å². The van der Waals surface area contributed by atoms with E-state index in [-0.39, 0.29) is 37.7 Å². The summed E-state index contributed by atoms with van der Waals surface area (Å²) in [4.78, 5) is 13.0. The minimum absolute atomic E-state index is 0.0997. The predicted molar refractivity (Wildman–Crippen MR) is 113 cm³/mol. The van der Waals surface area contributed by atoms with Crippen molar-refractivity contribution in [2.45, 2.75) is 19.1 Å². The summed E-state index contributed by atoms with van der Waals surface area (Å²) < 4.78 is 38.5. The highest BCUT2D eigenvalue weighted by Gasteiger charge is 2.23. The molecule has 0 unspecified atom stereocenters. The van der Waals surface area contributed by atoms with Crippen LogP contribution in [0.1, 0.15) is 27.9 Å². The summed E-state index contributed by atoms with van der Waals surface area (Å²) in [6.45, 7) is 0.00220. The van der Waals surface area contributed by atoms with E-state index in [9.17, 15) is 18.7 Å². The van der Waals surface area contributed by atoms with Crippen molar-refractivity contribution in [2.75, 3.05) is 18.5 Å². The van der Waals surface area contributed by atoms with Crippen LogP contribution in [0.4, 0.5) is 20.2 Å². The molecule has 0 fully saturated rings. The van der Waals surface area contributed by atoms with Gasteiger partial charge < -0.3 is 25.0 Å². The fraction of sp³-hybridized carbons (Fsp3) is 0.208. The van der Waals surface area contributed by atoms with Crippen LogP contribution in [0.2, 0.25) is 0 Å². The van der Waals surface area contributed by atoms with Crippen LogP contribution in [-0.4, -0.2) is 35.3 Å². The van der Waals surface area contributed by atoms with Crippen molar-refractivity contribution >= 4 is 17.2 Å². The Morgan fingerprint density at radius 2 is 1.88 bits per heavy atom. The maximum Gasteiger partial charge on any atom is 0.197 e. The largest absolute Gasteiger partial charge is 0.493 e. The van der Waals surface area contributed by atoms with E-state index < -0.39 is 17.7 Å². The second-order valence-electron chi connectivity index (χ2n) is 7.37. The molecule has 1 aliphatic rings. The van der Waals surface area contributed by atoms with Gasteiger partial charge in [-0.15, -0.1) is 0 Å². The third-order valence-corrected chi connectivity index (χ3v) is 5.07. The normalized spacial score (nSPS) is 13.4.